The average Bonchev–Trinajstić information content (AvgIpc) is 2.77. The van der Waals surface area contributed by atoms with Crippen molar-refractivity contribution in [2.45, 2.75) is 32.1 Å². The smallest absolute Gasteiger partial charge is 0.248 e. The summed E-state index contributed by atoms with van der Waals surface area (Å²) in [5.41, 5.74) is 3.30. The molecule has 2 aromatic rings. The van der Waals surface area contributed by atoms with Crippen molar-refractivity contribution in [3.8, 4) is 0 Å². The Kier molecular flexibility index (Phi) is 4.57. The normalized spacial score (nSPS) is 26.5. The molecule has 4 rings (SSSR count). The van der Waals surface area contributed by atoms with Crippen molar-refractivity contribution in [1.82, 2.24) is 4.90 Å². The fourth-order valence-electron chi connectivity index (χ4n) is 3.79. The fraction of sp³-hybridized carbons (Fsp3) is 0.333. The molecule has 5 nitrogen and oxygen atoms in total. The quantitative estimate of drug-likeness (QED) is 0.906. The molecular formula is C21H23N3O2. The van der Waals surface area contributed by atoms with Gasteiger partial charge in [0.1, 0.15) is 6.04 Å². The number of anilines is 1. The van der Waals surface area contributed by atoms with Crippen LogP contribution in [0.15, 0.2) is 59.6 Å². The van der Waals surface area contributed by atoms with Gasteiger partial charge < -0.3 is 10.1 Å². The summed E-state index contributed by atoms with van der Waals surface area (Å²) < 4.78 is 5.86. The van der Waals surface area contributed by atoms with Crippen molar-refractivity contribution in [1.29, 1.82) is 0 Å². The van der Waals surface area contributed by atoms with Crippen molar-refractivity contribution < 1.29 is 9.53 Å². The Morgan fingerprint density at radius 2 is 1.65 bits per heavy atom. The zero-order valence-electron chi connectivity index (χ0n) is 15.1. The molecule has 26 heavy (non-hydrogen) atoms. The van der Waals surface area contributed by atoms with Crippen LogP contribution in [0, 0.1) is 0 Å². The maximum atomic E-state index is 13.2. The molecular weight excluding hydrogens is 326 g/mol. The first-order valence-corrected chi connectivity index (χ1v) is 9.05. The molecule has 2 aliphatic rings. The van der Waals surface area contributed by atoms with Gasteiger partial charge in [-0.15, -0.1) is 0 Å². The SMILES string of the molecule is C[C@@H]1CN([C@@H]2C(=O)Nc3ccccc3N=C2c2ccccc2)C[C@H](C)O1. The van der Waals surface area contributed by atoms with Crippen LogP contribution in [0.3, 0.4) is 0 Å². The summed E-state index contributed by atoms with van der Waals surface area (Å²) in [6.45, 7) is 5.49. The Labute approximate surface area is 153 Å². The van der Waals surface area contributed by atoms with Gasteiger partial charge in [0.05, 0.1) is 29.3 Å². The number of para-hydroxylation sites is 2. The Bertz CT molecular complexity index is 824. The molecule has 0 aliphatic carbocycles. The number of fused-ring (bicyclic) bond motifs is 1. The van der Waals surface area contributed by atoms with Gasteiger partial charge in [0, 0.05) is 13.1 Å². The molecule has 1 saturated heterocycles. The summed E-state index contributed by atoms with van der Waals surface area (Å²) in [5, 5.41) is 3.06. The molecule has 2 heterocycles. The molecule has 134 valence electrons. The first-order chi connectivity index (χ1) is 12.6. The maximum absolute atomic E-state index is 13.2. The van der Waals surface area contributed by atoms with Crippen molar-refractivity contribution in [3.05, 3.63) is 60.2 Å². The van der Waals surface area contributed by atoms with E-state index in [1.54, 1.807) is 0 Å². The molecule has 0 radical (unpaired) electrons. The van der Waals surface area contributed by atoms with Gasteiger partial charge in [-0.3, -0.25) is 9.69 Å². The van der Waals surface area contributed by atoms with Gasteiger partial charge in [0.15, 0.2) is 0 Å². The molecule has 0 unspecified atom stereocenters. The van der Waals surface area contributed by atoms with Crippen LogP contribution in [0.1, 0.15) is 19.4 Å². The van der Waals surface area contributed by atoms with E-state index in [1.165, 1.54) is 0 Å². The van der Waals surface area contributed by atoms with E-state index < -0.39 is 6.04 Å². The number of amides is 1. The van der Waals surface area contributed by atoms with Crippen LogP contribution in [0.4, 0.5) is 11.4 Å². The maximum Gasteiger partial charge on any atom is 0.248 e. The number of carbonyl (C=O) groups is 1. The third-order valence-electron chi connectivity index (χ3n) is 4.79. The highest BCUT2D eigenvalue weighted by molar-refractivity contribution is 6.22. The van der Waals surface area contributed by atoms with Crippen LogP contribution in [-0.4, -0.2) is 47.9 Å². The molecule has 1 N–H and O–H groups in total. The summed E-state index contributed by atoms with van der Waals surface area (Å²) in [5.74, 6) is -0.0427. The molecule has 1 fully saturated rings. The van der Waals surface area contributed by atoms with Crippen molar-refractivity contribution in [3.63, 3.8) is 0 Å². The van der Waals surface area contributed by atoms with E-state index in [-0.39, 0.29) is 18.1 Å². The summed E-state index contributed by atoms with van der Waals surface area (Å²) in [4.78, 5) is 20.3. The number of morpholine rings is 1. The number of benzene rings is 2. The van der Waals surface area contributed by atoms with E-state index in [2.05, 4.69) is 10.2 Å². The van der Waals surface area contributed by atoms with Crippen molar-refractivity contribution in [2.24, 2.45) is 4.99 Å². The molecule has 2 aromatic carbocycles. The Hall–Kier alpha value is -2.50. The van der Waals surface area contributed by atoms with Gasteiger partial charge in [0.25, 0.3) is 0 Å². The van der Waals surface area contributed by atoms with Crippen LogP contribution in [0.2, 0.25) is 0 Å². The fourth-order valence-corrected chi connectivity index (χ4v) is 3.79. The first kappa shape index (κ1) is 16.9. The predicted octanol–water partition coefficient (Wildman–Crippen LogP) is 3.24. The van der Waals surface area contributed by atoms with Gasteiger partial charge in [-0.25, -0.2) is 4.99 Å². The Morgan fingerprint density at radius 1 is 1.00 bits per heavy atom. The number of carbonyl (C=O) groups excluding carboxylic acids is 1. The topological polar surface area (TPSA) is 53.9 Å². The largest absolute Gasteiger partial charge is 0.373 e. The number of hydrogen-bond acceptors (Lipinski definition) is 4. The molecule has 0 saturated carbocycles. The van der Waals surface area contributed by atoms with Crippen molar-refractivity contribution >= 4 is 23.0 Å². The van der Waals surface area contributed by atoms with Crippen LogP contribution in [-0.2, 0) is 9.53 Å². The van der Waals surface area contributed by atoms with E-state index in [0.717, 1.165) is 22.6 Å². The van der Waals surface area contributed by atoms with E-state index in [0.29, 0.717) is 13.1 Å². The second kappa shape index (κ2) is 7.02. The third-order valence-corrected chi connectivity index (χ3v) is 4.79. The van der Waals surface area contributed by atoms with Crippen LogP contribution in [0.25, 0.3) is 0 Å². The van der Waals surface area contributed by atoms with E-state index >= 15 is 0 Å². The molecule has 5 heteroatoms. The van der Waals surface area contributed by atoms with E-state index in [1.807, 2.05) is 68.4 Å². The lowest BCUT2D eigenvalue weighted by Gasteiger charge is -2.39. The molecule has 2 aliphatic heterocycles. The van der Waals surface area contributed by atoms with Crippen LogP contribution < -0.4 is 5.32 Å². The predicted molar refractivity (Wildman–Crippen MR) is 103 cm³/mol. The molecule has 1 amide bonds. The monoisotopic (exact) mass is 349 g/mol. The average molecular weight is 349 g/mol. The van der Waals surface area contributed by atoms with Gasteiger partial charge in [-0.05, 0) is 31.5 Å². The summed E-state index contributed by atoms with van der Waals surface area (Å²) >= 11 is 0. The number of hydrogen-bond donors (Lipinski definition) is 1. The molecule has 0 aromatic heterocycles. The number of aliphatic imine (C=N–C) groups is 1. The standard InChI is InChI=1S/C21H23N3O2/c1-14-12-24(13-15(2)26-14)20-19(16-8-4-3-5-9-16)22-17-10-6-7-11-18(17)23-21(20)25/h3-11,14-15,20H,12-13H2,1-2H3,(H,23,25)/t14-,15+,20-/m0/s1. The summed E-state index contributed by atoms with van der Waals surface area (Å²) in [6, 6.07) is 17.2. The second-order valence-electron chi connectivity index (χ2n) is 6.98. The highest BCUT2D eigenvalue weighted by Crippen LogP contribution is 2.30. The van der Waals surface area contributed by atoms with Crippen LogP contribution in [0.5, 0.6) is 0 Å². The Morgan fingerprint density at radius 3 is 2.38 bits per heavy atom. The minimum Gasteiger partial charge on any atom is -0.373 e. The third kappa shape index (κ3) is 3.28. The van der Waals surface area contributed by atoms with Crippen LogP contribution >= 0.6 is 0 Å². The first-order valence-electron chi connectivity index (χ1n) is 9.05. The summed E-state index contributed by atoms with van der Waals surface area (Å²) in [6.07, 6.45) is 0.156. The minimum atomic E-state index is -0.446. The highest BCUT2D eigenvalue weighted by Gasteiger charge is 2.37. The molecule has 0 bridgehead atoms. The number of rotatable bonds is 2. The molecule has 0 spiro atoms. The van der Waals surface area contributed by atoms with Gasteiger partial charge >= 0.3 is 0 Å². The lowest BCUT2D eigenvalue weighted by molar-refractivity contribution is -0.124. The lowest BCUT2D eigenvalue weighted by atomic mass is 9.99. The molecule has 3 atom stereocenters. The lowest BCUT2D eigenvalue weighted by Crippen LogP contribution is -2.56. The number of ether oxygens (including phenoxy) is 1. The second-order valence-corrected chi connectivity index (χ2v) is 6.98. The zero-order valence-corrected chi connectivity index (χ0v) is 15.1. The van der Waals surface area contributed by atoms with Gasteiger partial charge in [-0.1, -0.05) is 42.5 Å². The van der Waals surface area contributed by atoms with Gasteiger partial charge in [-0.2, -0.15) is 0 Å². The number of nitrogens with one attached hydrogen (secondary N) is 1. The van der Waals surface area contributed by atoms with E-state index in [9.17, 15) is 4.79 Å². The highest BCUT2D eigenvalue weighted by atomic mass is 16.5. The van der Waals surface area contributed by atoms with E-state index in [4.69, 9.17) is 9.73 Å². The zero-order chi connectivity index (χ0) is 18.1. The van der Waals surface area contributed by atoms with Crippen molar-refractivity contribution in [2.75, 3.05) is 18.4 Å². The summed E-state index contributed by atoms with van der Waals surface area (Å²) in [7, 11) is 0. The Balaban J connectivity index is 1.82. The number of nitrogens with zero attached hydrogens (tertiary/aromatic N) is 2. The van der Waals surface area contributed by atoms with Gasteiger partial charge in [0.2, 0.25) is 5.91 Å². The minimum absolute atomic E-state index is 0.0427.